The first-order valence-electron chi connectivity index (χ1n) is 17.8. The van der Waals surface area contributed by atoms with Gasteiger partial charge in [0, 0.05) is 12.8 Å². The SMILES string of the molecule is CCCCCCCCCCCCCCCC(=O)OC(C)CCCCCCCCCCCCCCC(=O)OC(C)C. The minimum absolute atomic E-state index is 0.00389. The van der Waals surface area contributed by atoms with Crippen LogP contribution in [0.5, 0.6) is 0 Å². The van der Waals surface area contributed by atoms with Crippen LogP contribution in [0, 0.1) is 0 Å². The van der Waals surface area contributed by atoms with Crippen molar-refractivity contribution in [2.24, 2.45) is 0 Å². The fourth-order valence-corrected chi connectivity index (χ4v) is 5.42. The van der Waals surface area contributed by atoms with Gasteiger partial charge in [-0.2, -0.15) is 0 Å². The van der Waals surface area contributed by atoms with Gasteiger partial charge < -0.3 is 9.47 Å². The van der Waals surface area contributed by atoms with Gasteiger partial charge in [-0.25, -0.2) is 0 Å². The molecule has 1 unspecified atom stereocenters. The van der Waals surface area contributed by atoms with Crippen LogP contribution in [0.1, 0.15) is 207 Å². The highest BCUT2D eigenvalue weighted by Crippen LogP contribution is 2.16. The highest BCUT2D eigenvalue weighted by Gasteiger charge is 2.09. The molecule has 0 aliphatic rings. The molecule has 0 rings (SSSR count). The Bertz CT molecular complexity index is 545. The summed E-state index contributed by atoms with van der Waals surface area (Å²) in [5.41, 5.74) is 0. The molecular weight excluding hydrogens is 496 g/mol. The summed E-state index contributed by atoms with van der Waals surface area (Å²) in [6, 6.07) is 0. The predicted molar refractivity (Wildman–Crippen MR) is 172 cm³/mol. The minimum atomic E-state index is -0.0503. The van der Waals surface area contributed by atoms with Crippen LogP contribution in [-0.2, 0) is 19.1 Å². The quantitative estimate of drug-likeness (QED) is 0.0618. The van der Waals surface area contributed by atoms with Crippen molar-refractivity contribution in [1.29, 1.82) is 0 Å². The molecule has 40 heavy (non-hydrogen) atoms. The van der Waals surface area contributed by atoms with E-state index in [0.717, 1.165) is 38.5 Å². The molecular formula is C36H70O4. The molecule has 4 nitrogen and oxygen atoms in total. The van der Waals surface area contributed by atoms with E-state index in [9.17, 15) is 9.59 Å². The Morgan fingerprint density at radius 2 is 0.725 bits per heavy atom. The first-order valence-corrected chi connectivity index (χ1v) is 17.8. The van der Waals surface area contributed by atoms with Gasteiger partial charge in [0.2, 0.25) is 0 Å². The van der Waals surface area contributed by atoms with Crippen molar-refractivity contribution in [2.75, 3.05) is 0 Å². The fourth-order valence-electron chi connectivity index (χ4n) is 5.42. The maximum atomic E-state index is 12.1. The molecule has 1 atom stereocenters. The van der Waals surface area contributed by atoms with Crippen molar-refractivity contribution in [3.8, 4) is 0 Å². The molecule has 4 heteroatoms. The van der Waals surface area contributed by atoms with E-state index >= 15 is 0 Å². The lowest BCUT2D eigenvalue weighted by Gasteiger charge is -2.13. The normalized spacial score (nSPS) is 12.1. The zero-order chi connectivity index (χ0) is 29.5. The third-order valence-electron chi connectivity index (χ3n) is 7.93. The molecule has 0 aromatic rings. The lowest BCUT2D eigenvalue weighted by Crippen LogP contribution is -2.14. The van der Waals surface area contributed by atoms with Crippen LogP contribution < -0.4 is 0 Å². The van der Waals surface area contributed by atoms with Gasteiger partial charge in [0.25, 0.3) is 0 Å². The molecule has 0 aliphatic heterocycles. The van der Waals surface area contributed by atoms with Crippen LogP contribution >= 0.6 is 0 Å². The fraction of sp³-hybridized carbons (Fsp3) is 0.944. The van der Waals surface area contributed by atoms with Crippen LogP contribution in [0.25, 0.3) is 0 Å². The summed E-state index contributed by atoms with van der Waals surface area (Å²) in [6.45, 7) is 8.14. The molecule has 0 heterocycles. The van der Waals surface area contributed by atoms with E-state index in [0.29, 0.717) is 12.8 Å². The van der Waals surface area contributed by atoms with Crippen molar-refractivity contribution in [3.05, 3.63) is 0 Å². The Morgan fingerprint density at radius 3 is 1.07 bits per heavy atom. The van der Waals surface area contributed by atoms with Crippen LogP contribution in [0.4, 0.5) is 0 Å². The minimum Gasteiger partial charge on any atom is -0.463 e. The maximum absolute atomic E-state index is 12.1. The number of hydrogen-bond donors (Lipinski definition) is 0. The summed E-state index contributed by atoms with van der Waals surface area (Å²) >= 11 is 0. The first-order chi connectivity index (χ1) is 19.5. The van der Waals surface area contributed by atoms with Crippen molar-refractivity contribution in [2.45, 2.75) is 220 Å². The predicted octanol–water partition coefficient (Wildman–Crippen LogP) is 11.8. The summed E-state index contributed by atoms with van der Waals surface area (Å²) in [5, 5.41) is 0. The topological polar surface area (TPSA) is 52.6 Å². The summed E-state index contributed by atoms with van der Waals surface area (Å²) in [6.07, 6.45) is 34.5. The first kappa shape index (κ1) is 38.9. The Labute approximate surface area is 250 Å². The third-order valence-corrected chi connectivity index (χ3v) is 7.93. The molecule has 0 radical (unpaired) electrons. The summed E-state index contributed by atoms with van der Waals surface area (Å²) in [5.74, 6) is -0.0464. The van der Waals surface area contributed by atoms with Crippen LogP contribution in [-0.4, -0.2) is 24.1 Å². The van der Waals surface area contributed by atoms with E-state index in [1.165, 1.54) is 128 Å². The van der Waals surface area contributed by atoms with E-state index < -0.39 is 0 Å². The summed E-state index contributed by atoms with van der Waals surface area (Å²) in [7, 11) is 0. The van der Waals surface area contributed by atoms with Crippen molar-refractivity contribution >= 4 is 11.9 Å². The van der Waals surface area contributed by atoms with E-state index in [2.05, 4.69) is 13.8 Å². The van der Waals surface area contributed by atoms with E-state index in [1.807, 2.05) is 13.8 Å². The number of unbranched alkanes of at least 4 members (excludes halogenated alkanes) is 23. The largest absolute Gasteiger partial charge is 0.463 e. The van der Waals surface area contributed by atoms with Crippen LogP contribution in [0.15, 0.2) is 0 Å². The number of ether oxygens (including phenoxy) is 2. The number of carbonyl (C=O) groups is 2. The van der Waals surface area contributed by atoms with E-state index in [-0.39, 0.29) is 24.1 Å². The van der Waals surface area contributed by atoms with E-state index in [1.54, 1.807) is 0 Å². The number of esters is 2. The molecule has 0 bridgehead atoms. The molecule has 0 amide bonds. The van der Waals surface area contributed by atoms with E-state index in [4.69, 9.17) is 9.47 Å². The van der Waals surface area contributed by atoms with Crippen LogP contribution in [0.3, 0.4) is 0 Å². The second-order valence-electron chi connectivity index (χ2n) is 12.6. The van der Waals surface area contributed by atoms with Gasteiger partial charge in [-0.15, -0.1) is 0 Å². The van der Waals surface area contributed by atoms with Crippen molar-refractivity contribution < 1.29 is 19.1 Å². The summed E-state index contributed by atoms with van der Waals surface area (Å²) < 4.78 is 10.8. The van der Waals surface area contributed by atoms with Gasteiger partial charge in [0.05, 0.1) is 12.2 Å². The molecule has 0 saturated carbocycles. The molecule has 0 fully saturated rings. The van der Waals surface area contributed by atoms with Gasteiger partial charge in [-0.3, -0.25) is 9.59 Å². The Balaban J connectivity index is 3.31. The molecule has 0 N–H and O–H groups in total. The second kappa shape index (κ2) is 30.9. The Kier molecular flexibility index (Phi) is 30.1. The average Bonchev–Trinajstić information content (AvgIpc) is 2.91. The molecule has 0 aliphatic carbocycles. The van der Waals surface area contributed by atoms with Gasteiger partial charge >= 0.3 is 11.9 Å². The lowest BCUT2D eigenvalue weighted by atomic mass is 10.0. The molecule has 0 aromatic heterocycles. The van der Waals surface area contributed by atoms with Crippen molar-refractivity contribution in [3.63, 3.8) is 0 Å². The van der Waals surface area contributed by atoms with Gasteiger partial charge in [0.1, 0.15) is 0 Å². The number of rotatable bonds is 31. The van der Waals surface area contributed by atoms with Crippen molar-refractivity contribution in [1.82, 2.24) is 0 Å². The average molecular weight is 567 g/mol. The van der Waals surface area contributed by atoms with Crippen LogP contribution in [0.2, 0.25) is 0 Å². The second-order valence-corrected chi connectivity index (χ2v) is 12.6. The molecule has 0 saturated heterocycles. The zero-order valence-corrected chi connectivity index (χ0v) is 27.6. The highest BCUT2D eigenvalue weighted by molar-refractivity contribution is 5.69. The highest BCUT2D eigenvalue weighted by atomic mass is 16.5. The smallest absolute Gasteiger partial charge is 0.306 e. The van der Waals surface area contributed by atoms with Gasteiger partial charge in [0.15, 0.2) is 0 Å². The molecule has 0 spiro atoms. The monoisotopic (exact) mass is 567 g/mol. The number of carbonyl (C=O) groups excluding carboxylic acids is 2. The van der Waals surface area contributed by atoms with Gasteiger partial charge in [-0.05, 0) is 46.5 Å². The third kappa shape index (κ3) is 31.5. The Morgan fingerprint density at radius 1 is 0.425 bits per heavy atom. The maximum Gasteiger partial charge on any atom is 0.306 e. The Hall–Kier alpha value is -1.06. The molecule has 238 valence electrons. The summed E-state index contributed by atoms with van der Waals surface area (Å²) in [4.78, 5) is 23.6. The van der Waals surface area contributed by atoms with Gasteiger partial charge in [-0.1, -0.05) is 148 Å². The molecule has 0 aromatic carbocycles. The lowest BCUT2D eigenvalue weighted by molar-refractivity contribution is -0.149. The zero-order valence-electron chi connectivity index (χ0n) is 27.6. The standard InChI is InChI=1S/C36H70O4/c1-5-6-7-8-9-10-11-12-16-20-23-26-29-32-36(38)40-34(4)30-27-24-21-18-15-13-14-17-19-22-25-28-31-35(37)39-33(2)3/h33-34H,5-32H2,1-4H3. The number of hydrogen-bond acceptors (Lipinski definition) is 4.